The molecule has 21 heavy (non-hydrogen) atoms. The highest BCUT2D eigenvalue weighted by molar-refractivity contribution is 5.89. The van der Waals surface area contributed by atoms with Gasteiger partial charge in [-0.3, -0.25) is 5.32 Å². The van der Waals surface area contributed by atoms with E-state index in [1.165, 1.54) is 0 Å². The minimum atomic E-state index is -0.341. The number of ether oxygens (including phenoxy) is 1. The van der Waals surface area contributed by atoms with Crippen LogP contribution in [0.5, 0.6) is 5.75 Å². The molecule has 5 heteroatoms. The molecule has 0 aliphatic heterocycles. The van der Waals surface area contributed by atoms with Crippen molar-refractivity contribution < 1.29 is 9.53 Å². The molecular weight excluding hydrogens is 266 g/mol. The predicted octanol–water partition coefficient (Wildman–Crippen LogP) is 3.19. The van der Waals surface area contributed by atoms with Crippen molar-refractivity contribution in [3.05, 3.63) is 59.9 Å². The SMILES string of the molecule is COc1cccc(/C=C/NC(=O)Nc2cccc(C)n2)c1. The summed E-state index contributed by atoms with van der Waals surface area (Å²) in [5, 5.41) is 5.28. The first-order valence-corrected chi connectivity index (χ1v) is 6.49. The molecule has 1 heterocycles. The van der Waals surface area contributed by atoms with Gasteiger partial charge in [-0.2, -0.15) is 0 Å². The zero-order chi connectivity index (χ0) is 15.1. The maximum absolute atomic E-state index is 11.7. The fourth-order valence-corrected chi connectivity index (χ4v) is 1.72. The number of pyridine rings is 1. The number of hydrogen-bond acceptors (Lipinski definition) is 3. The third-order valence-corrected chi connectivity index (χ3v) is 2.71. The average Bonchev–Trinajstić information content (AvgIpc) is 2.47. The van der Waals surface area contributed by atoms with Crippen LogP contribution in [0.3, 0.4) is 0 Å². The Labute approximate surface area is 123 Å². The predicted molar refractivity (Wildman–Crippen MR) is 83.2 cm³/mol. The molecule has 0 aliphatic carbocycles. The minimum Gasteiger partial charge on any atom is -0.497 e. The van der Waals surface area contributed by atoms with Crippen molar-refractivity contribution in [2.24, 2.45) is 0 Å². The van der Waals surface area contributed by atoms with Gasteiger partial charge in [-0.05, 0) is 42.8 Å². The van der Waals surface area contributed by atoms with Crippen LogP contribution in [-0.4, -0.2) is 18.1 Å². The number of nitrogens with one attached hydrogen (secondary N) is 2. The maximum Gasteiger partial charge on any atom is 0.324 e. The van der Waals surface area contributed by atoms with E-state index in [0.29, 0.717) is 5.82 Å². The Kier molecular flexibility index (Phi) is 4.93. The molecule has 2 amide bonds. The molecule has 0 saturated heterocycles. The number of hydrogen-bond donors (Lipinski definition) is 2. The molecule has 0 aliphatic rings. The van der Waals surface area contributed by atoms with Gasteiger partial charge in [0.1, 0.15) is 11.6 Å². The lowest BCUT2D eigenvalue weighted by Crippen LogP contribution is -2.24. The third kappa shape index (κ3) is 4.65. The van der Waals surface area contributed by atoms with Crippen LogP contribution in [0, 0.1) is 6.92 Å². The molecule has 0 atom stereocenters. The smallest absolute Gasteiger partial charge is 0.324 e. The number of rotatable bonds is 4. The second kappa shape index (κ2) is 7.09. The number of anilines is 1. The van der Waals surface area contributed by atoms with Gasteiger partial charge < -0.3 is 10.1 Å². The molecule has 0 radical (unpaired) electrons. The van der Waals surface area contributed by atoms with Gasteiger partial charge >= 0.3 is 6.03 Å². The van der Waals surface area contributed by atoms with E-state index in [2.05, 4.69) is 15.6 Å². The third-order valence-electron chi connectivity index (χ3n) is 2.71. The Morgan fingerprint density at radius 3 is 2.81 bits per heavy atom. The van der Waals surface area contributed by atoms with E-state index in [4.69, 9.17) is 4.74 Å². The zero-order valence-corrected chi connectivity index (χ0v) is 12.0. The first-order chi connectivity index (χ1) is 10.2. The summed E-state index contributed by atoms with van der Waals surface area (Å²) in [5.41, 5.74) is 1.78. The van der Waals surface area contributed by atoms with E-state index in [1.807, 2.05) is 43.3 Å². The lowest BCUT2D eigenvalue weighted by atomic mass is 10.2. The number of methoxy groups -OCH3 is 1. The standard InChI is InChI=1S/C16H17N3O2/c1-12-5-3-8-15(18-12)19-16(20)17-10-9-13-6-4-7-14(11-13)21-2/h3-11H,1-2H3,(H2,17,18,19,20)/b10-9+. The average molecular weight is 283 g/mol. The summed E-state index contributed by atoms with van der Waals surface area (Å²) in [6.07, 6.45) is 3.35. The Balaban J connectivity index is 1.90. The number of amides is 2. The normalized spacial score (nSPS) is 10.4. The molecule has 0 unspecified atom stereocenters. The largest absolute Gasteiger partial charge is 0.497 e. The van der Waals surface area contributed by atoms with Crippen molar-refractivity contribution in [3.63, 3.8) is 0 Å². The van der Waals surface area contributed by atoms with Crippen LogP contribution in [0.15, 0.2) is 48.7 Å². The summed E-state index contributed by atoms with van der Waals surface area (Å²) in [6, 6.07) is 12.6. The van der Waals surface area contributed by atoms with Gasteiger partial charge in [0.05, 0.1) is 7.11 Å². The Bertz CT molecular complexity index is 653. The maximum atomic E-state index is 11.7. The fraction of sp³-hybridized carbons (Fsp3) is 0.125. The Morgan fingerprint density at radius 1 is 1.24 bits per heavy atom. The topological polar surface area (TPSA) is 63.2 Å². The quantitative estimate of drug-likeness (QED) is 0.905. The number of carbonyl (C=O) groups is 1. The van der Waals surface area contributed by atoms with E-state index in [1.54, 1.807) is 25.5 Å². The highest BCUT2D eigenvalue weighted by atomic mass is 16.5. The van der Waals surface area contributed by atoms with Crippen LogP contribution in [0.1, 0.15) is 11.3 Å². The van der Waals surface area contributed by atoms with Crippen LogP contribution in [0.25, 0.3) is 6.08 Å². The molecule has 0 bridgehead atoms. The summed E-state index contributed by atoms with van der Waals surface area (Å²) in [6.45, 7) is 1.87. The first-order valence-electron chi connectivity index (χ1n) is 6.49. The summed E-state index contributed by atoms with van der Waals surface area (Å²) < 4.78 is 5.13. The molecule has 2 N–H and O–H groups in total. The molecule has 1 aromatic heterocycles. The van der Waals surface area contributed by atoms with Crippen molar-refractivity contribution in [3.8, 4) is 5.75 Å². The number of nitrogens with zero attached hydrogens (tertiary/aromatic N) is 1. The molecule has 108 valence electrons. The molecular formula is C16H17N3O2. The zero-order valence-electron chi connectivity index (χ0n) is 12.0. The van der Waals surface area contributed by atoms with Crippen LogP contribution < -0.4 is 15.4 Å². The number of carbonyl (C=O) groups excluding carboxylic acids is 1. The highest BCUT2D eigenvalue weighted by Crippen LogP contribution is 2.13. The van der Waals surface area contributed by atoms with Crippen molar-refractivity contribution in [1.82, 2.24) is 10.3 Å². The molecule has 2 rings (SSSR count). The second-order valence-electron chi connectivity index (χ2n) is 4.37. The lowest BCUT2D eigenvalue weighted by Gasteiger charge is -2.04. The molecule has 1 aromatic carbocycles. The van der Waals surface area contributed by atoms with Gasteiger partial charge in [-0.25, -0.2) is 9.78 Å². The number of benzene rings is 1. The summed E-state index contributed by atoms with van der Waals surface area (Å²) in [4.78, 5) is 15.9. The first kappa shape index (κ1) is 14.6. The second-order valence-corrected chi connectivity index (χ2v) is 4.37. The van der Waals surface area contributed by atoms with Gasteiger partial charge in [0.15, 0.2) is 0 Å². The van der Waals surface area contributed by atoms with Crippen molar-refractivity contribution in [2.45, 2.75) is 6.92 Å². The lowest BCUT2D eigenvalue weighted by molar-refractivity contribution is 0.255. The Morgan fingerprint density at radius 2 is 2.05 bits per heavy atom. The fourth-order valence-electron chi connectivity index (χ4n) is 1.72. The number of aromatic nitrogens is 1. The van der Waals surface area contributed by atoms with Gasteiger partial charge in [0.2, 0.25) is 0 Å². The number of aryl methyl sites for hydroxylation is 1. The summed E-state index contributed by atoms with van der Waals surface area (Å²) in [7, 11) is 1.61. The van der Waals surface area contributed by atoms with Gasteiger partial charge in [0, 0.05) is 11.9 Å². The van der Waals surface area contributed by atoms with E-state index in [-0.39, 0.29) is 6.03 Å². The van der Waals surface area contributed by atoms with E-state index in [9.17, 15) is 4.79 Å². The summed E-state index contributed by atoms with van der Waals surface area (Å²) >= 11 is 0. The van der Waals surface area contributed by atoms with Gasteiger partial charge in [0.25, 0.3) is 0 Å². The molecule has 2 aromatic rings. The molecule has 5 nitrogen and oxygen atoms in total. The van der Waals surface area contributed by atoms with Gasteiger partial charge in [-0.1, -0.05) is 18.2 Å². The minimum absolute atomic E-state index is 0.341. The van der Waals surface area contributed by atoms with E-state index in [0.717, 1.165) is 17.0 Å². The van der Waals surface area contributed by atoms with Crippen molar-refractivity contribution in [2.75, 3.05) is 12.4 Å². The monoisotopic (exact) mass is 283 g/mol. The van der Waals surface area contributed by atoms with Gasteiger partial charge in [-0.15, -0.1) is 0 Å². The van der Waals surface area contributed by atoms with E-state index < -0.39 is 0 Å². The Hall–Kier alpha value is -2.82. The van der Waals surface area contributed by atoms with Crippen LogP contribution >= 0.6 is 0 Å². The molecule has 0 saturated carbocycles. The van der Waals surface area contributed by atoms with Crippen molar-refractivity contribution in [1.29, 1.82) is 0 Å². The van der Waals surface area contributed by atoms with Crippen LogP contribution in [-0.2, 0) is 0 Å². The van der Waals surface area contributed by atoms with Crippen LogP contribution in [0.2, 0.25) is 0 Å². The molecule has 0 fully saturated rings. The van der Waals surface area contributed by atoms with Crippen LogP contribution in [0.4, 0.5) is 10.6 Å². The van der Waals surface area contributed by atoms with E-state index >= 15 is 0 Å². The summed E-state index contributed by atoms with van der Waals surface area (Å²) in [5.74, 6) is 1.29. The highest BCUT2D eigenvalue weighted by Gasteiger charge is 2.00. The number of urea groups is 1. The molecule has 0 spiro atoms. The van der Waals surface area contributed by atoms with Crippen molar-refractivity contribution >= 4 is 17.9 Å².